The first-order valence-corrected chi connectivity index (χ1v) is 7.67. The van der Waals surface area contributed by atoms with Crippen molar-refractivity contribution in [2.45, 2.75) is 12.8 Å². The summed E-state index contributed by atoms with van der Waals surface area (Å²) < 4.78 is 5.64. The molecule has 2 rings (SSSR count). The van der Waals surface area contributed by atoms with Crippen LogP contribution in [0.25, 0.3) is 11.3 Å². The lowest BCUT2D eigenvalue weighted by atomic mass is 10.2. The van der Waals surface area contributed by atoms with Gasteiger partial charge in [-0.3, -0.25) is 4.79 Å². The third-order valence-electron chi connectivity index (χ3n) is 3.01. The molecule has 2 N–H and O–H groups in total. The molecule has 0 saturated carbocycles. The molecular formula is C15H19Cl4N3O2. The van der Waals surface area contributed by atoms with Crippen molar-refractivity contribution in [1.29, 1.82) is 0 Å². The van der Waals surface area contributed by atoms with Crippen LogP contribution >= 0.6 is 48.0 Å². The van der Waals surface area contributed by atoms with Crippen molar-refractivity contribution >= 4 is 53.9 Å². The highest BCUT2D eigenvalue weighted by atomic mass is 35.5. The summed E-state index contributed by atoms with van der Waals surface area (Å²) >= 11 is 12.0. The number of hydrogen-bond acceptors (Lipinski definition) is 4. The van der Waals surface area contributed by atoms with Crippen LogP contribution in [0.15, 0.2) is 28.8 Å². The number of nitrogens with one attached hydrogen (secondary N) is 2. The number of benzene rings is 1. The summed E-state index contributed by atoms with van der Waals surface area (Å²) in [6.45, 7) is 1.34. The molecule has 0 fully saturated rings. The van der Waals surface area contributed by atoms with Crippen LogP contribution in [0, 0.1) is 0 Å². The number of aromatic nitrogens is 1. The van der Waals surface area contributed by atoms with Gasteiger partial charge in [-0.05, 0) is 25.2 Å². The lowest BCUT2D eigenvalue weighted by Gasteiger charge is -2.03. The van der Waals surface area contributed by atoms with Gasteiger partial charge in [-0.2, -0.15) is 0 Å². The van der Waals surface area contributed by atoms with Gasteiger partial charge in [0.2, 0.25) is 5.91 Å². The standard InChI is InChI=1S/C15H17Cl2N3O2.2ClH/c1-18-6-7-19-14(21)4-5-15-20-9-13(22-15)11-3-2-10(16)8-12(11)17;;/h2-3,8-9,18H,4-7H2,1H3,(H,19,21);2*1H. The van der Waals surface area contributed by atoms with E-state index in [1.165, 1.54) is 0 Å². The molecule has 0 saturated heterocycles. The number of oxazole rings is 1. The molecule has 2 aromatic rings. The third kappa shape index (κ3) is 6.87. The zero-order valence-electron chi connectivity index (χ0n) is 13.0. The lowest BCUT2D eigenvalue weighted by molar-refractivity contribution is -0.121. The van der Waals surface area contributed by atoms with Gasteiger partial charge in [-0.25, -0.2) is 4.98 Å². The number of likely N-dealkylation sites (N-methyl/N-ethyl adjacent to an activating group) is 1. The van der Waals surface area contributed by atoms with Gasteiger partial charge in [-0.15, -0.1) is 24.8 Å². The minimum Gasteiger partial charge on any atom is -0.441 e. The molecule has 1 aromatic heterocycles. The quantitative estimate of drug-likeness (QED) is 0.676. The van der Waals surface area contributed by atoms with Gasteiger partial charge in [0.05, 0.1) is 11.2 Å². The smallest absolute Gasteiger partial charge is 0.220 e. The van der Waals surface area contributed by atoms with Crippen LogP contribution in [0.5, 0.6) is 0 Å². The molecule has 0 unspecified atom stereocenters. The van der Waals surface area contributed by atoms with Crippen molar-refractivity contribution in [2.24, 2.45) is 0 Å². The van der Waals surface area contributed by atoms with Gasteiger partial charge in [-0.1, -0.05) is 23.2 Å². The van der Waals surface area contributed by atoms with Crippen LogP contribution in [-0.4, -0.2) is 31.0 Å². The number of amides is 1. The predicted molar refractivity (Wildman–Crippen MR) is 102 cm³/mol. The van der Waals surface area contributed by atoms with E-state index < -0.39 is 0 Å². The number of rotatable bonds is 7. The highest BCUT2D eigenvalue weighted by Gasteiger charge is 2.11. The summed E-state index contributed by atoms with van der Waals surface area (Å²) in [6.07, 6.45) is 2.37. The monoisotopic (exact) mass is 413 g/mol. The van der Waals surface area contributed by atoms with Gasteiger partial charge in [0.15, 0.2) is 11.7 Å². The first kappa shape index (κ1) is 23.0. The molecule has 0 radical (unpaired) electrons. The fraction of sp³-hybridized carbons (Fsp3) is 0.333. The normalized spacial score (nSPS) is 9.79. The molecule has 0 atom stereocenters. The van der Waals surface area contributed by atoms with Crippen LogP contribution in [-0.2, 0) is 11.2 Å². The molecule has 0 aliphatic rings. The molecule has 1 aromatic carbocycles. The van der Waals surface area contributed by atoms with Gasteiger partial charge in [0, 0.05) is 36.5 Å². The number of aryl methyl sites for hydroxylation is 1. The summed E-state index contributed by atoms with van der Waals surface area (Å²) in [4.78, 5) is 15.8. The van der Waals surface area contributed by atoms with E-state index in [2.05, 4.69) is 15.6 Å². The summed E-state index contributed by atoms with van der Waals surface area (Å²) in [5.41, 5.74) is 0.725. The summed E-state index contributed by atoms with van der Waals surface area (Å²) in [7, 11) is 1.84. The highest BCUT2D eigenvalue weighted by molar-refractivity contribution is 6.36. The number of halogens is 4. The zero-order chi connectivity index (χ0) is 15.9. The minimum absolute atomic E-state index is 0. The predicted octanol–water partition coefficient (Wildman–Crippen LogP) is 3.76. The highest BCUT2D eigenvalue weighted by Crippen LogP contribution is 2.30. The van der Waals surface area contributed by atoms with Crippen molar-refractivity contribution in [2.75, 3.05) is 20.1 Å². The number of nitrogens with zero attached hydrogens (tertiary/aromatic N) is 1. The van der Waals surface area contributed by atoms with E-state index in [1.807, 2.05) is 7.05 Å². The Bertz CT molecular complexity index is 649. The fourth-order valence-electron chi connectivity index (χ4n) is 1.88. The molecule has 1 heterocycles. The Morgan fingerprint density at radius 1 is 1.25 bits per heavy atom. The molecular weight excluding hydrogens is 396 g/mol. The molecule has 1 amide bonds. The number of carbonyl (C=O) groups excluding carboxylic acids is 1. The fourth-order valence-corrected chi connectivity index (χ4v) is 2.38. The molecule has 24 heavy (non-hydrogen) atoms. The van der Waals surface area contributed by atoms with E-state index in [1.54, 1.807) is 24.4 Å². The largest absolute Gasteiger partial charge is 0.441 e. The van der Waals surface area contributed by atoms with Gasteiger partial charge < -0.3 is 15.1 Å². The Labute approximate surface area is 163 Å². The summed E-state index contributed by atoms with van der Waals surface area (Å²) in [6, 6.07) is 5.16. The SMILES string of the molecule is CNCCNC(=O)CCc1ncc(-c2ccc(Cl)cc2Cl)o1.Cl.Cl. The van der Waals surface area contributed by atoms with Gasteiger partial charge in [0.25, 0.3) is 0 Å². The molecule has 134 valence electrons. The number of carbonyl (C=O) groups is 1. The zero-order valence-corrected chi connectivity index (χ0v) is 16.1. The van der Waals surface area contributed by atoms with Crippen LogP contribution in [0.3, 0.4) is 0 Å². The first-order valence-electron chi connectivity index (χ1n) is 6.91. The van der Waals surface area contributed by atoms with Crippen LogP contribution in [0.2, 0.25) is 10.0 Å². The van der Waals surface area contributed by atoms with E-state index in [-0.39, 0.29) is 30.7 Å². The maximum atomic E-state index is 11.6. The first-order chi connectivity index (χ1) is 10.6. The van der Waals surface area contributed by atoms with Crippen LogP contribution in [0.1, 0.15) is 12.3 Å². The van der Waals surface area contributed by atoms with Crippen LogP contribution in [0.4, 0.5) is 0 Å². The maximum Gasteiger partial charge on any atom is 0.220 e. The van der Waals surface area contributed by atoms with Crippen molar-refractivity contribution < 1.29 is 9.21 Å². The van der Waals surface area contributed by atoms with Crippen molar-refractivity contribution in [1.82, 2.24) is 15.6 Å². The second-order valence-electron chi connectivity index (χ2n) is 4.70. The minimum atomic E-state index is -0.0282. The van der Waals surface area contributed by atoms with E-state index in [4.69, 9.17) is 27.6 Å². The second-order valence-corrected chi connectivity index (χ2v) is 5.54. The van der Waals surface area contributed by atoms with E-state index in [0.717, 1.165) is 12.1 Å². The van der Waals surface area contributed by atoms with E-state index >= 15 is 0 Å². The topological polar surface area (TPSA) is 67.2 Å². The molecule has 0 aliphatic carbocycles. The Balaban J connectivity index is 0.00000264. The maximum absolute atomic E-state index is 11.6. The summed E-state index contributed by atoms with van der Waals surface area (Å²) in [5.74, 6) is 1.04. The molecule has 0 spiro atoms. The molecule has 0 bridgehead atoms. The Kier molecular flexibility index (Phi) is 11.1. The second kappa shape index (κ2) is 11.6. The third-order valence-corrected chi connectivity index (χ3v) is 3.56. The Morgan fingerprint density at radius 2 is 2.00 bits per heavy atom. The van der Waals surface area contributed by atoms with Crippen molar-refractivity contribution in [3.8, 4) is 11.3 Å². The average Bonchev–Trinajstić information content (AvgIpc) is 2.94. The van der Waals surface area contributed by atoms with Gasteiger partial charge >= 0.3 is 0 Å². The molecule has 0 aliphatic heterocycles. The number of hydrogen-bond donors (Lipinski definition) is 2. The Hall–Kier alpha value is -0.980. The summed E-state index contributed by atoms with van der Waals surface area (Å²) in [5, 5.41) is 6.82. The van der Waals surface area contributed by atoms with Crippen molar-refractivity contribution in [3.05, 3.63) is 40.3 Å². The Morgan fingerprint density at radius 3 is 2.67 bits per heavy atom. The van der Waals surface area contributed by atoms with E-state index in [9.17, 15) is 4.79 Å². The van der Waals surface area contributed by atoms with Crippen LogP contribution < -0.4 is 10.6 Å². The molecule has 9 heteroatoms. The average molecular weight is 415 g/mol. The van der Waals surface area contributed by atoms with Crippen molar-refractivity contribution in [3.63, 3.8) is 0 Å². The van der Waals surface area contributed by atoms with Gasteiger partial charge in [0.1, 0.15) is 0 Å². The van der Waals surface area contributed by atoms with E-state index in [0.29, 0.717) is 41.1 Å². The lowest BCUT2D eigenvalue weighted by Crippen LogP contribution is -2.30. The molecule has 5 nitrogen and oxygen atoms in total.